The fourth-order valence-electron chi connectivity index (χ4n) is 2.63. The zero-order valence-electron chi connectivity index (χ0n) is 13.0. The minimum Gasteiger partial charge on any atom is -0.373 e. The molecule has 20 heavy (non-hydrogen) atoms. The second-order valence-corrected chi connectivity index (χ2v) is 5.36. The highest BCUT2D eigenvalue weighted by Gasteiger charge is 2.18. The van der Waals surface area contributed by atoms with E-state index in [1.807, 2.05) is 7.05 Å². The average Bonchev–Trinajstić information content (AvgIpc) is 2.48. The molecule has 2 heterocycles. The molecule has 112 valence electrons. The molecule has 0 saturated carbocycles. The van der Waals surface area contributed by atoms with Crippen molar-refractivity contribution in [3.05, 3.63) is 11.9 Å². The van der Waals surface area contributed by atoms with Crippen LogP contribution in [0.3, 0.4) is 0 Å². The standard InChI is InChI=1S/C15H27N5/c1-4-6-13-17-14(16-3)12-15(18-13)20-10-8-19(7-5-2)9-11-20/h12H,4-11H2,1-3H3,(H,16,17,18). The number of nitrogens with zero attached hydrogens (tertiary/aromatic N) is 4. The maximum Gasteiger partial charge on any atom is 0.134 e. The monoisotopic (exact) mass is 277 g/mol. The Bertz CT molecular complexity index is 413. The van der Waals surface area contributed by atoms with E-state index in [1.165, 1.54) is 13.0 Å². The first-order chi connectivity index (χ1) is 9.76. The molecule has 0 spiro atoms. The Kier molecular flexibility index (Phi) is 5.59. The van der Waals surface area contributed by atoms with E-state index < -0.39 is 0 Å². The smallest absolute Gasteiger partial charge is 0.134 e. The first-order valence-corrected chi connectivity index (χ1v) is 7.79. The molecule has 5 nitrogen and oxygen atoms in total. The van der Waals surface area contributed by atoms with Crippen LogP contribution in [0.1, 0.15) is 32.5 Å². The molecule has 0 amide bonds. The van der Waals surface area contributed by atoms with Gasteiger partial charge in [-0.3, -0.25) is 4.90 Å². The summed E-state index contributed by atoms with van der Waals surface area (Å²) in [5.74, 6) is 2.95. The molecule has 0 radical (unpaired) electrons. The quantitative estimate of drug-likeness (QED) is 0.861. The molecular formula is C15H27N5. The molecule has 5 heteroatoms. The molecule has 2 rings (SSSR count). The summed E-state index contributed by atoms with van der Waals surface area (Å²) in [5, 5.41) is 3.15. The predicted octanol–water partition coefficient (Wildman–Crippen LogP) is 2.00. The zero-order valence-corrected chi connectivity index (χ0v) is 13.0. The Morgan fingerprint density at radius 1 is 1.10 bits per heavy atom. The topological polar surface area (TPSA) is 44.3 Å². The van der Waals surface area contributed by atoms with Crippen molar-refractivity contribution in [3.8, 4) is 0 Å². The minimum atomic E-state index is 0.925. The average molecular weight is 277 g/mol. The number of piperazine rings is 1. The molecule has 0 atom stereocenters. The van der Waals surface area contributed by atoms with Gasteiger partial charge in [0.25, 0.3) is 0 Å². The van der Waals surface area contributed by atoms with Crippen LogP contribution in [0, 0.1) is 0 Å². The Balaban J connectivity index is 2.06. The van der Waals surface area contributed by atoms with Crippen LogP contribution in [0.5, 0.6) is 0 Å². The maximum absolute atomic E-state index is 4.72. The van der Waals surface area contributed by atoms with Crippen LogP contribution in [-0.4, -0.2) is 54.6 Å². The van der Waals surface area contributed by atoms with Gasteiger partial charge in [0.2, 0.25) is 0 Å². The number of aromatic nitrogens is 2. The lowest BCUT2D eigenvalue weighted by Crippen LogP contribution is -2.46. The molecule has 0 aromatic carbocycles. The van der Waals surface area contributed by atoms with Crippen molar-refractivity contribution in [2.24, 2.45) is 0 Å². The fraction of sp³-hybridized carbons (Fsp3) is 0.733. The second-order valence-electron chi connectivity index (χ2n) is 5.36. The van der Waals surface area contributed by atoms with E-state index in [-0.39, 0.29) is 0 Å². The summed E-state index contributed by atoms with van der Waals surface area (Å²) in [7, 11) is 1.92. The van der Waals surface area contributed by atoms with Gasteiger partial charge in [-0.05, 0) is 19.4 Å². The molecule has 1 saturated heterocycles. The lowest BCUT2D eigenvalue weighted by atomic mass is 10.2. The van der Waals surface area contributed by atoms with Gasteiger partial charge in [0, 0.05) is 45.7 Å². The van der Waals surface area contributed by atoms with Crippen molar-refractivity contribution in [1.29, 1.82) is 0 Å². The summed E-state index contributed by atoms with van der Waals surface area (Å²) in [5.41, 5.74) is 0. The van der Waals surface area contributed by atoms with Crippen molar-refractivity contribution in [2.75, 3.05) is 50.0 Å². The van der Waals surface area contributed by atoms with E-state index in [1.54, 1.807) is 0 Å². The second kappa shape index (κ2) is 7.43. The van der Waals surface area contributed by atoms with Crippen LogP contribution in [0.2, 0.25) is 0 Å². The highest BCUT2D eigenvalue weighted by molar-refractivity contribution is 5.49. The first-order valence-electron chi connectivity index (χ1n) is 7.79. The van der Waals surface area contributed by atoms with Crippen molar-refractivity contribution in [1.82, 2.24) is 14.9 Å². The van der Waals surface area contributed by atoms with Crippen molar-refractivity contribution >= 4 is 11.6 Å². The largest absolute Gasteiger partial charge is 0.373 e. The first kappa shape index (κ1) is 15.0. The van der Waals surface area contributed by atoms with Gasteiger partial charge in [0.15, 0.2) is 0 Å². The van der Waals surface area contributed by atoms with E-state index in [4.69, 9.17) is 4.98 Å². The Morgan fingerprint density at radius 3 is 2.45 bits per heavy atom. The van der Waals surface area contributed by atoms with Crippen molar-refractivity contribution in [3.63, 3.8) is 0 Å². The number of anilines is 2. The molecule has 1 aromatic rings. The van der Waals surface area contributed by atoms with Gasteiger partial charge in [0.1, 0.15) is 17.5 Å². The van der Waals surface area contributed by atoms with Gasteiger partial charge in [-0.2, -0.15) is 0 Å². The highest BCUT2D eigenvalue weighted by Crippen LogP contribution is 2.18. The summed E-state index contributed by atoms with van der Waals surface area (Å²) in [4.78, 5) is 14.2. The number of rotatable bonds is 6. The summed E-state index contributed by atoms with van der Waals surface area (Å²) in [6.45, 7) is 10.0. The van der Waals surface area contributed by atoms with Gasteiger partial charge >= 0.3 is 0 Å². The highest BCUT2D eigenvalue weighted by atomic mass is 15.3. The third kappa shape index (κ3) is 3.82. The molecule has 0 aliphatic carbocycles. The van der Waals surface area contributed by atoms with Crippen LogP contribution in [-0.2, 0) is 6.42 Å². The summed E-state index contributed by atoms with van der Waals surface area (Å²) < 4.78 is 0. The molecule has 1 aliphatic rings. The third-order valence-electron chi connectivity index (χ3n) is 3.72. The number of hydrogen-bond donors (Lipinski definition) is 1. The van der Waals surface area contributed by atoms with Gasteiger partial charge in [0.05, 0.1) is 0 Å². The summed E-state index contributed by atoms with van der Waals surface area (Å²) in [6, 6.07) is 2.06. The third-order valence-corrected chi connectivity index (χ3v) is 3.72. The predicted molar refractivity (Wildman–Crippen MR) is 84.5 cm³/mol. The minimum absolute atomic E-state index is 0.925. The maximum atomic E-state index is 4.72. The number of nitrogens with one attached hydrogen (secondary N) is 1. The van der Waals surface area contributed by atoms with Gasteiger partial charge in [-0.1, -0.05) is 13.8 Å². The van der Waals surface area contributed by atoms with E-state index >= 15 is 0 Å². The van der Waals surface area contributed by atoms with E-state index in [9.17, 15) is 0 Å². The van der Waals surface area contributed by atoms with E-state index in [2.05, 4.69) is 40.0 Å². The van der Waals surface area contributed by atoms with Crippen LogP contribution in [0.4, 0.5) is 11.6 Å². The van der Waals surface area contributed by atoms with Crippen molar-refractivity contribution in [2.45, 2.75) is 33.1 Å². The van der Waals surface area contributed by atoms with Crippen LogP contribution in [0.25, 0.3) is 0 Å². The van der Waals surface area contributed by atoms with Gasteiger partial charge < -0.3 is 10.2 Å². The lowest BCUT2D eigenvalue weighted by molar-refractivity contribution is 0.258. The van der Waals surface area contributed by atoms with E-state index in [0.717, 1.165) is 56.5 Å². The van der Waals surface area contributed by atoms with Gasteiger partial charge in [-0.25, -0.2) is 9.97 Å². The fourth-order valence-corrected chi connectivity index (χ4v) is 2.63. The van der Waals surface area contributed by atoms with E-state index in [0.29, 0.717) is 0 Å². The summed E-state index contributed by atoms with van der Waals surface area (Å²) >= 11 is 0. The summed E-state index contributed by atoms with van der Waals surface area (Å²) in [6.07, 6.45) is 3.26. The number of aryl methyl sites for hydroxylation is 1. The Morgan fingerprint density at radius 2 is 1.85 bits per heavy atom. The molecule has 0 bridgehead atoms. The van der Waals surface area contributed by atoms with Crippen LogP contribution >= 0.6 is 0 Å². The lowest BCUT2D eigenvalue weighted by Gasteiger charge is -2.35. The molecule has 1 fully saturated rings. The molecule has 0 unspecified atom stereocenters. The van der Waals surface area contributed by atoms with Crippen LogP contribution < -0.4 is 10.2 Å². The zero-order chi connectivity index (χ0) is 14.4. The number of hydrogen-bond acceptors (Lipinski definition) is 5. The molecule has 1 aliphatic heterocycles. The SMILES string of the molecule is CCCc1nc(NC)cc(N2CCN(CCC)CC2)n1. The van der Waals surface area contributed by atoms with Crippen LogP contribution in [0.15, 0.2) is 6.07 Å². The Hall–Kier alpha value is -1.36. The van der Waals surface area contributed by atoms with Gasteiger partial charge in [-0.15, -0.1) is 0 Å². The molecule has 1 aromatic heterocycles. The normalized spacial score (nSPS) is 16.4. The van der Waals surface area contributed by atoms with Crippen molar-refractivity contribution < 1.29 is 0 Å². The molecule has 1 N–H and O–H groups in total. The Labute approximate surface area is 122 Å². The molecular weight excluding hydrogens is 250 g/mol.